The third kappa shape index (κ3) is 6.77. The predicted molar refractivity (Wildman–Crippen MR) is 93.4 cm³/mol. The van der Waals surface area contributed by atoms with Gasteiger partial charge < -0.3 is 14.5 Å². The van der Waals surface area contributed by atoms with Gasteiger partial charge in [-0.05, 0) is 37.4 Å². The average molecular weight is 333 g/mol. The molecule has 1 rings (SSSR count). The van der Waals surface area contributed by atoms with Gasteiger partial charge in [0.1, 0.15) is 12.4 Å². The molecule has 0 aliphatic carbocycles. The first-order valence-electron chi connectivity index (χ1n) is 7.57. The molecule has 0 spiro atoms. The largest absolute Gasteiger partial charge is 0.492 e. The summed E-state index contributed by atoms with van der Waals surface area (Å²) in [6.07, 6.45) is 0. The van der Waals surface area contributed by atoms with Gasteiger partial charge in [-0.1, -0.05) is 13.8 Å². The number of hydrogen-bond donors (Lipinski definition) is 0. The van der Waals surface area contributed by atoms with Crippen LogP contribution in [0.4, 0.5) is 5.69 Å². The molecule has 0 aromatic heterocycles. The van der Waals surface area contributed by atoms with E-state index >= 15 is 0 Å². The lowest BCUT2D eigenvalue weighted by molar-refractivity contribution is 0.223. The van der Waals surface area contributed by atoms with Crippen LogP contribution >= 0.6 is 23.2 Å². The van der Waals surface area contributed by atoms with Crippen molar-refractivity contribution in [3.05, 3.63) is 24.3 Å². The molecule has 0 N–H and O–H groups in total. The quantitative estimate of drug-likeness (QED) is 0.575. The van der Waals surface area contributed by atoms with Crippen LogP contribution in [0, 0.1) is 0 Å². The first kappa shape index (κ1) is 18.4. The van der Waals surface area contributed by atoms with E-state index in [0.29, 0.717) is 18.4 Å². The minimum Gasteiger partial charge on any atom is -0.492 e. The van der Waals surface area contributed by atoms with Gasteiger partial charge in [-0.3, -0.25) is 0 Å². The van der Waals surface area contributed by atoms with E-state index in [0.717, 1.165) is 44.2 Å². The zero-order chi connectivity index (χ0) is 15.5. The summed E-state index contributed by atoms with van der Waals surface area (Å²) in [7, 11) is 0. The summed E-state index contributed by atoms with van der Waals surface area (Å²) in [4.78, 5) is 4.52. The molecule has 120 valence electrons. The molecule has 0 atom stereocenters. The Bertz CT molecular complexity index is 363. The molecule has 5 heteroatoms. The van der Waals surface area contributed by atoms with Crippen molar-refractivity contribution < 1.29 is 4.74 Å². The van der Waals surface area contributed by atoms with Crippen molar-refractivity contribution in [2.45, 2.75) is 13.8 Å². The monoisotopic (exact) mass is 332 g/mol. The van der Waals surface area contributed by atoms with Crippen molar-refractivity contribution in [1.29, 1.82) is 0 Å². The second kappa shape index (κ2) is 11.0. The number of anilines is 1. The van der Waals surface area contributed by atoms with Gasteiger partial charge >= 0.3 is 0 Å². The molecule has 0 heterocycles. The lowest BCUT2D eigenvalue weighted by Crippen LogP contribution is -2.28. The SMILES string of the molecule is CCN(CC)CCOc1ccc(N(CCCl)CCCl)cc1. The standard InChI is InChI=1S/C16H26Cl2N2O/c1-3-19(4-2)13-14-21-16-7-5-15(6-8-16)20(11-9-17)12-10-18/h5-8H,3-4,9-14H2,1-2H3. The lowest BCUT2D eigenvalue weighted by atomic mass is 10.2. The Labute approximate surface area is 138 Å². The molecule has 0 aliphatic heterocycles. The maximum absolute atomic E-state index is 5.82. The average Bonchev–Trinajstić information content (AvgIpc) is 2.52. The molecule has 0 saturated heterocycles. The molecule has 21 heavy (non-hydrogen) atoms. The molecular weight excluding hydrogens is 307 g/mol. The molecule has 1 aromatic rings. The summed E-state index contributed by atoms with van der Waals surface area (Å²) in [5.41, 5.74) is 1.13. The van der Waals surface area contributed by atoms with Gasteiger partial charge in [-0.15, -0.1) is 23.2 Å². The predicted octanol–water partition coefficient (Wildman–Crippen LogP) is 3.69. The molecule has 1 aromatic carbocycles. The Morgan fingerprint density at radius 2 is 1.48 bits per heavy atom. The summed E-state index contributed by atoms with van der Waals surface area (Å²) in [6, 6.07) is 8.14. The summed E-state index contributed by atoms with van der Waals surface area (Å²) in [5, 5.41) is 0. The van der Waals surface area contributed by atoms with Crippen molar-refractivity contribution in [2.24, 2.45) is 0 Å². The molecule has 0 aliphatic rings. The van der Waals surface area contributed by atoms with Crippen molar-refractivity contribution in [3.8, 4) is 5.75 Å². The Balaban J connectivity index is 2.48. The Hall–Kier alpha value is -0.640. The molecule has 0 saturated carbocycles. The highest BCUT2D eigenvalue weighted by atomic mass is 35.5. The zero-order valence-corrected chi connectivity index (χ0v) is 14.5. The van der Waals surface area contributed by atoms with Gasteiger partial charge in [0.15, 0.2) is 0 Å². The highest BCUT2D eigenvalue weighted by Gasteiger charge is 2.05. The minimum absolute atomic E-state index is 0.596. The van der Waals surface area contributed by atoms with E-state index in [-0.39, 0.29) is 0 Å². The van der Waals surface area contributed by atoms with Gasteiger partial charge in [0.25, 0.3) is 0 Å². The number of benzene rings is 1. The van der Waals surface area contributed by atoms with Gasteiger partial charge in [0.05, 0.1) is 0 Å². The number of ether oxygens (including phenoxy) is 1. The molecule has 0 radical (unpaired) electrons. The molecular formula is C16H26Cl2N2O. The van der Waals surface area contributed by atoms with Crippen molar-refractivity contribution in [3.63, 3.8) is 0 Å². The Kier molecular flexibility index (Phi) is 9.64. The second-order valence-electron chi connectivity index (χ2n) is 4.73. The molecule has 0 amide bonds. The lowest BCUT2D eigenvalue weighted by Gasteiger charge is -2.23. The van der Waals surface area contributed by atoms with E-state index < -0.39 is 0 Å². The van der Waals surface area contributed by atoms with E-state index in [1.165, 1.54) is 0 Å². The van der Waals surface area contributed by atoms with E-state index in [1.54, 1.807) is 0 Å². The molecule has 0 unspecified atom stereocenters. The van der Waals surface area contributed by atoms with Crippen LogP contribution in [0.15, 0.2) is 24.3 Å². The summed E-state index contributed by atoms with van der Waals surface area (Å²) in [6.45, 7) is 9.73. The fourth-order valence-corrected chi connectivity index (χ4v) is 2.57. The van der Waals surface area contributed by atoms with E-state index in [1.807, 2.05) is 12.1 Å². The number of rotatable bonds is 11. The van der Waals surface area contributed by atoms with Crippen LogP contribution in [-0.2, 0) is 0 Å². The van der Waals surface area contributed by atoms with Crippen molar-refractivity contribution in [1.82, 2.24) is 4.90 Å². The van der Waals surface area contributed by atoms with Crippen LogP contribution in [-0.4, -0.2) is 56.0 Å². The topological polar surface area (TPSA) is 15.7 Å². The molecule has 0 bridgehead atoms. The van der Waals surface area contributed by atoms with Crippen LogP contribution in [0.25, 0.3) is 0 Å². The van der Waals surface area contributed by atoms with Gasteiger partial charge in [-0.25, -0.2) is 0 Å². The van der Waals surface area contributed by atoms with Gasteiger partial charge in [-0.2, -0.15) is 0 Å². The minimum atomic E-state index is 0.596. The zero-order valence-electron chi connectivity index (χ0n) is 13.0. The smallest absolute Gasteiger partial charge is 0.119 e. The Morgan fingerprint density at radius 1 is 0.905 bits per heavy atom. The number of nitrogens with zero attached hydrogens (tertiary/aromatic N) is 2. The number of alkyl halides is 2. The number of hydrogen-bond acceptors (Lipinski definition) is 3. The highest BCUT2D eigenvalue weighted by molar-refractivity contribution is 6.18. The number of halogens is 2. The van der Waals surface area contributed by atoms with Gasteiger partial charge in [0.2, 0.25) is 0 Å². The highest BCUT2D eigenvalue weighted by Crippen LogP contribution is 2.19. The summed E-state index contributed by atoms with van der Waals surface area (Å²) >= 11 is 11.6. The first-order chi connectivity index (χ1) is 10.2. The third-order valence-electron chi connectivity index (χ3n) is 3.48. The molecule has 0 fully saturated rings. The molecule has 3 nitrogen and oxygen atoms in total. The third-order valence-corrected chi connectivity index (χ3v) is 3.82. The van der Waals surface area contributed by atoms with Crippen LogP contribution < -0.4 is 9.64 Å². The van der Waals surface area contributed by atoms with Gasteiger partial charge in [0, 0.05) is 37.1 Å². The second-order valence-corrected chi connectivity index (χ2v) is 5.49. The van der Waals surface area contributed by atoms with Crippen LogP contribution in [0.5, 0.6) is 5.75 Å². The van der Waals surface area contributed by atoms with Crippen molar-refractivity contribution >= 4 is 28.9 Å². The van der Waals surface area contributed by atoms with E-state index in [2.05, 4.69) is 35.8 Å². The maximum atomic E-state index is 5.82. The van der Waals surface area contributed by atoms with E-state index in [4.69, 9.17) is 27.9 Å². The maximum Gasteiger partial charge on any atom is 0.119 e. The van der Waals surface area contributed by atoms with Crippen molar-refractivity contribution in [2.75, 3.05) is 56.0 Å². The summed E-state index contributed by atoms with van der Waals surface area (Å²) < 4.78 is 5.78. The number of likely N-dealkylation sites (N-methyl/N-ethyl adjacent to an activating group) is 1. The Morgan fingerprint density at radius 3 is 1.95 bits per heavy atom. The summed E-state index contributed by atoms with van der Waals surface area (Å²) in [5.74, 6) is 2.10. The normalized spacial score (nSPS) is 10.9. The van der Waals surface area contributed by atoms with E-state index in [9.17, 15) is 0 Å². The van der Waals surface area contributed by atoms with Crippen LogP contribution in [0.2, 0.25) is 0 Å². The first-order valence-corrected chi connectivity index (χ1v) is 8.64. The van der Waals surface area contributed by atoms with Crippen LogP contribution in [0.3, 0.4) is 0 Å². The fraction of sp³-hybridized carbons (Fsp3) is 0.625. The van der Waals surface area contributed by atoms with Crippen LogP contribution in [0.1, 0.15) is 13.8 Å². The fourth-order valence-electron chi connectivity index (χ4n) is 2.16.